The van der Waals surface area contributed by atoms with E-state index < -0.39 is 0 Å². The molecule has 0 saturated heterocycles. The van der Waals surface area contributed by atoms with Crippen molar-refractivity contribution in [1.29, 1.82) is 0 Å². The number of hydrogen-bond donors (Lipinski definition) is 2. The zero-order valence-electron chi connectivity index (χ0n) is 34.8. The summed E-state index contributed by atoms with van der Waals surface area (Å²) in [4.78, 5) is 9.63. The monoisotopic (exact) mass is 764 g/mol. The predicted molar refractivity (Wildman–Crippen MR) is 217 cm³/mol. The van der Waals surface area contributed by atoms with E-state index >= 15 is 0 Å². The molecule has 4 rings (SSSR count). The molecule has 0 aromatic heterocycles. The number of benzene rings is 2. The van der Waals surface area contributed by atoms with Gasteiger partial charge in [0.25, 0.3) is 0 Å². The minimum Gasteiger partial charge on any atom is -0.507 e. The van der Waals surface area contributed by atoms with Gasteiger partial charge in [-0.2, -0.15) is 0 Å². The molecule has 2 saturated carbocycles. The second kappa shape index (κ2) is 19.4. The summed E-state index contributed by atoms with van der Waals surface area (Å²) in [5.41, 5.74) is 6.19. The van der Waals surface area contributed by atoms with Gasteiger partial charge in [-0.3, -0.25) is 9.98 Å². The zero-order valence-corrected chi connectivity index (χ0v) is 37.3. The molecule has 0 amide bonds. The van der Waals surface area contributed by atoms with Gasteiger partial charge in [0.15, 0.2) is 0 Å². The summed E-state index contributed by atoms with van der Waals surface area (Å²) in [6.45, 7) is 28.5. The third-order valence-corrected chi connectivity index (χ3v) is 10.1. The third kappa shape index (κ3) is 13.7. The Morgan fingerprint density at radius 2 is 0.920 bits per heavy atom. The van der Waals surface area contributed by atoms with Crippen LogP contribution in [0.3, 0.4) is 0 Å². The first-order valence-corrected chi connectivity index (χ1v) is 18.4. The van der Waals surface area contributed by atoms with E-state index in [0.717, 1.165) is 22.3 Å². The number of rotatable bonds is 4. The smallest absolute Gasteiger partial charge is 0.507 e. The van der Waals surface area contributed by atoms with Crippen LogP contribution in [0.15, 0.2) is 34.3 Å². The van der Waals surface area contributed by atoms with Crippen LogP contribution in [0.4, 0.5) is 0 Å². The minimum absolute atomic E-state index is 0. The minimum atomic E-state index is -0.0912. The van der Waals surface area contributed by atoms with Crippen LogP contribution in [0.25, 0.3) is 0 Å². The van der Waals surface area contributed by atoms with Crippen LogP contribution >= 0.6 is 0 Å². The summed E-state index contributed by atoms with van der Waals surface area (Å²) in [6.07, 6.45) is 15.1. The number of hydrogen-bond acceptors (Lipinski definition) is 4. The van der Waals surface area contributed by atoms with Crippen LogP contribution in [0.1, 0.15) is 181 Å². The number of aliphatic imine (C=N–C) groups is 2. The van der Waals surface area contributed by atoms with Crippen molar-refractivity contribution in [3.63, 3.8) is 0 Å². The molecule has 5 heteroatoms. The molecule has 0 radical (unpaired) electrons. The number of aromatic hydroxyl groups is 2. The fourth-order valence-corrected chi connectivity index (χ4v) is 6.63. The maximum atomic E-state index is 10.8. The Morgan fingerprint density at radius 1 is 0.540 bits per heavy atom. The Labute approximate surface area is 328 Å². The zero-order chi connectivity index (χ0) is 35.4. The molecule has 2 unspecified atom stereocenters. The van der Waals surface area contributed by atoms with E-state index in [1.807, 2.05) is 12.4 Å². The summed E-state index contributed by atoms with van der Waals surface area (Å²) < 4.78 is 0. The second-order valence-corrected chi connectivity index (χ2v) is 18.6. The molecule has 0 bridgehead atoms. The molecule has 2 fully saturated rings. The predicted octanol–water partition coefficient (Wildman–Crippen LogP) is 12.6. The van der Waals surface area contributed by atoms with Gasteiger partial charge in [0.2, 0.25) is 0 Å². The van der Waals surface area contributed by atoms with Gasteiger partial charge in [-0.1, -0.05) is 134 Å². The molecular weight excluding hydrogens is 692 g/mol. The van der Waals surface area contributed by atoms with Gasteiger partial charge in [-0.15, -0.1) is 0 Å². The first-order chi connectivity index (χ1) is 21.6. The van der Waals surface area contributed by atoms with Crippen LogP contribution in [0, 0.1) is 20.8 Å². The fourth-order valence-electron chi connectivity index (χ4n) is 6.63. The average Bonchev–Trinajstić information content (AvgIpc) is 2.95. The number of nitrogens with zero attached hydrogens (tertiary/aromatic N) is 2. The first-order valence-electron chi connectivity index (χ1n) is 18.4. The molecule has 2 atom stereocenters. The van der Waals surface area contributed by atoms with Gasteiger partial charge in [0.1, 0.15) is 11.5 Å². The van der Waals surface area contributed by atoms with Crippen LogP contribution in [-0.4, -0.2) is 34.7 Å². The van der Waals surface area contributed by atoms with Crippen molar-refractivity contribution in [2.24, 2.45) is 15.9 Å². The number of phenols is 2. The van der Waals surface area contributed by atoms with E-state index in [9.17, 15) is 10.2 Å². The molecular formula is C45H74N2O2Zr. The van der Waals surface area contributed by atoms with Gasteiger partial charge >= 0.3 is 26.2 Å². The van der Waals surface area contributed by atoms with Crippen LogP contribution in [0.5, 0.6) is 11.5 Å². The Hall–Kier alpha value is -1.74. The molecule has 50 heavy (non-hydrogen) atoms. The van der Waals surface area contributed by atoms with Gasteiger partial charge in [0, 0.05) is 40.7 Å². The SMILES string of the molecule is CC(C)(C)c1cc(C=NC2CCCCC2)c(O)c(C(C)(C)C)c1.CC1CCCCC1N=Cc1cc(C(C)(C)C)cc(C(C)(C)C)c1O.[CH3-].[CH3-].[Zr+2]. The Morgan fingerprint density at radius 3 is 1.30 bits per heavy atom. The molecule has 2 aromatic rings. The molecule has 2 aliphatic carbocycles. The van der Waals surface area contributed by atoms with E-state index in [-0.39, 0.29) is 62.7 Å². The summed E-state index contributed by atoms with van der Waals surface area (Å²) >= 11 is 0. The standard InChI is InChI=1S/C22H35NO.C21H33NO.2CH3.Zr/c1-15-10-8-9-11-19(15)23-14-16-12-17(21(2,3)4)13-18(20(16)24)22(5,6)7;1-20(2,3)16-12-15(14-22-17-10-8-7-9-11-17)19(23)18(13-16)21(4,5)6;;;/h12-15,19,24H,8-11H2,1-7H3;12-14,17,23H,7-11H2,1-6H3;2*1H3;/q;;2*-1;+2. The third-order valence-electron chi connectivity index (χ3n) is 10.1. The average molecular weight is 766 g/mol. The Bertz CT molecular complexity index is 1390. The van der Waals surface area contributed by atoms with E-state index in [1.54, 1.807) is 0 Å². The Kier molecular flexibility index (Phi) is 18.7. The largest absolute Gasteiger partial charge is 2.00 e. The van der Waals surface area contributed by atoms with Crippen molar-refractivity contribution < 1.29 is 36.4 Å². The van der Waals surface area contributed by atoms with Crippen molar-refractivity contribution in [3.8, 4) is 11.5 Å². The van der Waals surface area contributed by atoms with Crippen molar-refractivity contribution in [3.05, 3.63) is 72.5 Å². The maximum absolute atomic E-state index is 10.8. The van der Waals surface area contributed by atoms with E-state index in [4.69, 9.17) is 9.98 Å². The molecule has 4 nitrogen and oxygen atoms in total. The van der Waals surface area contributed by atoms with Crippen LogP contribution in [-0.2, 0) is 47.9 Å². The van der Waals surface area contributed by atoms with E-state index in [0.29, 0.717) is 29.5 Å². The molecule has 280 valence electrons. The van der Waals surface area contributed by atoms with Gasteiger partial charge in [0.05, 0.1) is 6.04 Å². The van der Waals surface area contributed by atoms with Crippen LogP contribution in [0.2, 0.25) is 0 Å². The first kappa shape index (κ1) is 48.3. The normalized spacial score (nSPS) is 19.2. The summed E-state index contributed by atoms with van der Waals surface area (Å²) in [7, 11) is 0. The molecule has 0 heterocycles. The van der Waals surface area contributed by atoms with Gasteiger partial charge in [-0.25, -0.2) is 0 Å². The van der Waals surface area contributed by atoms with Crippen molar-refractivity contribution in [2.45, 2.75) is 182 Å². The van der Waals surface area contributed by atoms with E-state index in [2.05, 4.69) is 114 Å². The maximum Gasteiger partial charge on any atom is 2.00 e. The molecule has 2 aromatic carbocycles. The molecule has 0 spiro atoms. The number of phenolic OH excluding ortho intramolecular Hbond substituents is 2. The summed E-state index contributed by atoms with van der Waals surface area (Å²) in [5.74, 6) is 1.43. The fraction of sp³-hybridized carbons (Fsp3) is 0.644. The quantitative estimate of drug-likeness (QED) is 0.240. The van der Waals surface area contributed by atoms with Crippen molar-refractivity contribution >= 4 is 12.4 Å². The van der Waals surface area contributed by atoms with Crippen LogP contribution < -0.4 is 0 Å². The topological polar surface area (TPSA) is 65.2 Å². The summed E-state index contributed by atoms with van der Waals surface area (Å²) in [6, 6.07) is 9.37. The molecule has 2 N–H and O–H groups in total. The molecule has 2 aliphatic rings. The summed E-state index contributed by atoms with van der Waals surface area (Å²) in [5, 5.41) is 21.6. The van der Waals surface area contributed by atoms with Gasteiger partial charge < -0.3 is 25.1 Å². The van der Waals surface area contributed by atoms with Gasteiger partial charge in [-0.05, 0) is 76.5 Å². The molecule has 0 aliphatic heterocycles. The Balaban J connectivity index is 0.000000907. The van der Waals surface area contributed by atoms with Crippen molar-refractivity contribution in [2.75, 3.05) is 0 Å². The van der Waals surface area contributed by atoms with Crippen molar-refractivity contribution in [1.82, 2.24) is 0 Å². The van der Waals surface area contributed by atoms with E-state index in [1.165, 1.54) is 68.9 Å². The second-order valence-electron chi connectivity index (χ2n) is 18.6.